The number of hydrogen-bond acceptors (Lipinski definition) is 4. The van der Waals surface area contributed by atoms with Gasteiger partial charge >= 0.3 is 6.03 Å². The van der Waals surface area contributed by atoms with E-state index in [-0.39, 0.29) is 11.8 Å². The van der Waals surface area contributed by atoms with Gasteiger partial charge in [-0.25, -0.2) is 4.79 Å². The third kappa shape index (κ3) is 6.21. The van der Waals surface area contributed by atoms with Crippen LogP contribution in [-0.4, -0.2) is 53.4 Å². The van der Waals surface area contributed by atoms with Gasteiger partial charge in [-0.15, -0.1) is 0 Å². The van der Waals surface area contributed by atoms with Crippen LogP contribution in [0.25, 0.3) is 0 Å². The van der Waals surface area contributed by atoms with Crippen molar-refractivity contribution < 1.29 is 15.0 Å². The minimum Gasteiger partial charge on any atom is -0.508 e. The lowest BCUT2D eigenvalue weighted by Crippen LogP contribution is -2.44. The highest BCUT2D eigenvalue weighted by Crippen LogP contribution is 2.20. The van der Waals surface area contributed by atoms with E-state index in [0.717, 1.165) is 26.1 Å². The maximum Gasteiger partial charge on any atom is 0.315 e. The van der Waals surface area contributed by atoms with E-state index < -0.39 is 12.1 Å². The molecule has 1 aromatic carbocycles. The number of likely N-dealkylation sites (tertiary alicyclic amines) is 1. The molecule has 0 spiro atoms. The minimum atomic E-state index is -0.815. The van der Waals surface area contributed by atoms with Gasteiger partial charge in [0.25, 0.3) is 0 Å². The van der Waals surface area contributed by atoms with E-state index in [1.54, 1.807) is 19.1 Å². The Morgan fingerprint density at radius 3 is 2.52 bits per heavy atom. The number of aliphatic hydroxyl groups is 1. The van der Waals surface area contributed by atoms with Crippen LogP contribution < -0.4 is 10.6 Å². The van der Waals surface area contributed by atoms with Crippen LogP contribution in [0.1, 0.15) is 44.8 Å². The molecule has 2 atom stereocenters. The standard InChI is InChI=1S/C19H31N3O3/c1-3-22-12-9-15(10-13-22)8-11-20-19(25)21-14(2)18(24)16-4-6-17(23)7-5-16/h4-7,14-15,18,23-24H,3,8-13H2,1-2H3,(H2,20,21,25)/t14-,18-/m1/s1. The molecule has 140 valence electrons. The summed E-state index contributed by atoms with van der Waals surface area (Å²) in [4.78, 5) is 14.5. The predicted molar refractivity (Wildman–Crippen MR) is 98.5 cm³/mol. The number of amides is 2. The Morgan fingerprint density at radius 1 is 1.28 bits per heavy atom. The number of hydrogen-bond donors (Lipinski definition) is 4. The second-order valence-electron chi connectivity index (χ2n) is 6.89. The SMILES string of the molecule is CCN1CCC(CCNC(=O)N[C@H](C)[C@@H](O)c2ccc(O)cc2)CC1. The molecule has 0 unspecified atom stereocenters. The summed E-state index contributed by atoms with van der Waals surface area (Å²) in [6.45, 7) is 8.04. The lowest BCUT2D eigenvalue weighted by atomic mass is 9.93. The summed E-state index contributed by atoms with van der Waals surface area (Å²) in [6.07, 6.45) is 2.59. The van der Waals surface area contributed by atoms with Crippen LogP contribution in [0.3, 0.4) is 0 Å². The summed E-state index contributed by atoms with van der Waals surface area (Å²) in [6, 6.07) is 5.68. The maximum atomic E-state index is 12.0. The molecule has 25 heavy (non-hydrogen) atoms. The Bertz CT molecular complexity index is 527. The van der Waals surface area contributed by atoms with Gasteiger partial charge in [-0.2, -0.15) is 0 Å². The summed E-state index contributed by atoms with van der Waals surface area (Å²) in [5.41, 5.74) is 0.660. The number of aliphatic hydroxyl groups excluding tert-OH is 1. The zero-order valence-electron chi connectivity index (χ0n) is 15.2. The van der Waals surface area contributed by atoms with Crippen LogP contribution in [0.2, 0.25) is 0 Å². The number of piperidine rings is 1. The largest absolute Gasteiger partial charge is 0.508 e. The third-order valence-electron chi connectivity index (χ3n) is 5.06. The summed E-state index contributed by atoms with van der Waals surface area (Å²) < 4.78 is 0. The Hall–Kier alpha value is -1.79. The van der Waals surface area contributed by atoms with Gasteiger partial charge in [0.05, 0.1) is 12.1 Å². The highest BCUT2D eigenvalue weighted by Gasteiger charge is 2.20. The van der Waals surface area contributed by atoms with Crippen molar-refractivity contribution >= 4 is 6.03 Å². The number of nitrogens with one attached hydrogen (secondary N) is 2. The van der Waals surface area contributed by atoms with Crippen molar-refractivity contribution in [3.05, 3.63) is 29.8 Å². The first-order valence-corrected chi connectivity index (χ1v) is 9.23. The van der Waals surface area contributed by atoms with Crippen LogP contribution in [0.5, 0.6) is 5.75 Å². The molecule has 4 N–H and O–H groups in total. The van der Waals surface area contributed by atoms with Crippen LogP contribution in [0, 0.1) is 5.92 Å². The van der Waals surface area contributed by atoms with Gasteiger partial charge in [0, 0.05) is 6.54 Å². The second kappa shape index (κ2) is 9.63. The number of phenols is 1. The summed E-state index contributed by atoms with van der Waals surface area (Å²) in [5.74, 6) is 0.835. The number of phenolic OH excluding ortho intramolecular Hbond substituents is 1. The lowest BCUT2D eigenvalue weighted by molar-refractivity contribution is 0.137. The molecule has 1 aliphatic rings. The lowest BCUT2D eigenvalue weighted by Gasteiger charge is -2.31. The average Bonchev–Trinajstić information content (AvgIpc) is 2.62. The van der Waals surface area contributed by atoms with E-state index in [9.17, 15) is 15.0 Å². The van der Waals surface area contributed by atoms with E-state index in [2.05, 4.69) is 22.5 Å². The Kier molecular flexibility index (Phi) is 7.52. The number of urea groups is 1. The van der Waals surface area contributed by atoms with Crippen LogP contribution in [-0.2, 0) is 0 Å². The molecule has 1 saturated heterocycles. The molecule has 1 heterocycles. The van der Waals surface area contributed by atoms with Crippen molar-refractivity contribution in [1.82, 2.24) is 15.5 Å². The predicted octanol–water partition coefficient (Wildman–Crippen LogP) is 2.24. The molecule has 1 aliphatic heterocycles. The van der Waals surface area contributed by atoms with Crippen molar-refractivity contribution in [2.24, 2.45) is 5.92 Å². The van der Waals surface area contributed by atoms with E-state index in [1.165, 1.54) is 25.0 Å². The molecule has 0 bridgehead atoms. The molecule has 1 aromatic rings. The van der Waals surface area contributed by atoms with Gasteiger partial charge in [-0.3, -0.25) is 0 Å². The first-order chi connectivity index (χ1) is 12.0. The smallest absolute Gasteiger partial charge is 0.315 e. The first-order valence-electron chi connectivity index (χ1n) is 9.23. The quantitative estimate of drug-likeness (QED) is 0.608. The number of nitrogens with zero attached hydrogens (tertiary/aromatic N) is 1. The van der Waals surface area contributed by atoms with Gasteiger partial charge in [-0.05, 0) is 69.4 Å². The van der Waals surface area contributed by atoms with Gasteiger partial charge < -0.3 is 25.7 Å². The topological polar surface area (TPSA) is 84.8 Å². The monoisotopic (exact) mass is 349 g/mol. The number of carbonyl (C=O) groups is 1. The van der Waals surface area contributed by atoms with Crippen LogP contribution in [0.15, 0.2) is 24.3 Å². The minimum absolute atomic E-state index is 0.152. The van der Waals surface area contributed by atoms with Crippen molar-refractivity contribution in [1.29, 1.82) is 0 Å². The normalized spacial score (nSPS) is 18.5. The zero-order valence-corrected chi connectivity index (χ0v) is 15.2. The average molecular weight is 349 g/mol. The Balaban J connectivity index is 1.66. The van der Waals surface area contributed by atoms with Crippen molar-refractivity contribution in [3.8, 4) is 5.75 Å². The van der Waals surface area contributed by atoms with Crippen molar-refractivity contribution in [2.75, 3.05) is 26.2 Å². The number of benzene rings is 1. The number of aromatic hydroxyl groups is 1. The molecule has 0 saturated carbocycles. The molecular weight excluding hydrogens is 318 g/mol. The molecule has 0 aliphatic carbocycles. The molecule has 6 nitrogen and oxygen atoms in total. The van der Waals surface area contributed by atoms with Gasteiger partial charge in [0.1, 0.15) is 5.75 Å². The number of rotatable bonds is 7. The second-order valence-corrected chi connectivity index (χ2v) is 6.89. The molecule has 2 amide bonds. The highest BCUT2D eigenvalue weighted by atomic mass is 16.3. The summed E-state index contributed by atoms with van der Waals surface area (Å²) >= 11 is 0. The molecule has 0 radical (unpaired) electrons. The molecule has 6 heteroatoms. The highest BCUT2D eigenvalue weighted by molar-refractivity contribution is 5.74. The summed E-state index contributed by atoms with van der Waals surface area (Å²) in [5, 5.41) is 25.2. The zero-order chi connectivity index (χ0) is 18.2. The third-order valence-corrected chi connectivity index (χ3v) is 5.06. The van der Waals surface area contributed by atoms with E-state index in [4.69, 9.17) is 0 Å². The number of carbonyl (C=O) groups excluding carboxylic acids is 1. The Morgan fingerprint density at radius 2 is 1.92 bits per heavy atom. The van der Waals surface area contributed by atoms with Crippen LogP contribution in [0.4, 0.5) is 4.79 Å². The molecule has 1 fully saturated rings. The van der Waals surface area contributed by atoms with E-state index >= 15 is 0 Å². The molecular formula is C19H31N3O3. The fraction of sp³-hybridized carbons (Fsp3) is 0.632. The summed E-state index contributed by atoms with van der Waals surface area (Å²) in [7, 11) is 0. The molecule has 2 rings (SSSR count). The van der Waals surface area contributed by atoms with Gasteiger partial charge in [0.2, 0.25) is 0 Å². The van der Waals surface area contributed by atoms with E-state index in [0.29, 0.717) is 18.0 Å². The van der Waals surface area contributed by atoms with Crippen molar-refractivity contribution in [3.63, 3.8) is 0 Å². The Labute approximate surface area is 150 Å². The fourth-order valence-corrected chi connectivity index (χ4v) is 3.28. The first kappa shape index (κ1) is 19.5. The van der Waals surface area contributed by atoms with Crippen molar-refractivity contribution in [2.45, 2.75) is 45.3 Å². The maximum absolute atomic E-state index is 12.0. The van der Waals surface area contributed by atoms with E-state index in [1.807, 2.05) is 0 Å². The fourth-order valence-electron chi connectivity index (χ4n) is 3.28. The van der Waals surface area contributed by atoms with Crippen LogP contribution >= 0.6 is 0 Å². The van der Waals surface area contributed by atoms with Gasteiger partial charge in [0.15, 0.2) is 0 Å². The molecule has 0 aromatic heterocycles. The van der Waals surface area contributed by atoms with Gasteiger partial charge in [-0.1, -0.05) is 19.1 Å².